The third-order valence-corrected chi connectivity index (χ3v) is 1.12. The van der Waals surface area contributed by atoms with Crippen molar-refractivity contribution in [1.82, 2.24) is 0 Å². The summed E-state index contributed by atoms with van der Waals surface area (Å²) in [6, 6.07) is 0. The van der Waals surface area contributed by atoms with Gasteiger partial charge in [-0.1, -0.05) is 12.3 Å². The molecule has 0 radical (unpaired) electrons. The second-order valence-corrected chi connectivity index (χ2v) is 1.98. The van der Waals surface area contributed by atoms with Gasteiger partial charge >= 0.3 is 0 Å². The molecule has 0 saturated carbocycles. The molecule has 10 heavy (non-hydrogen) atoms. The van der Waals surface area contributed by atoms with Crippen LogP contribution in [-0.2, 0) is 0 Å². The average molecular weight is 136 g/mol. The zero-order valence-corrected chi connectivity index (χ0v) is 6.06. The summed E-state index contributed by atoms with van der Waals surface area (Å²) in [4.78, 5) is 0. The van der Waals surface area contributed by atoms with E-state index in [9.17, 15) is 0 Å². The van der Waals surface area contributed by atoms with Crippen molar-refractivity contribution in [2.75, 3.05) is 6.61 Å². The smallest absolute Gasteiger partial charge is 0.0431 e. The molecule has 0 spiro atoms. The van der Waals surface area contributed by atoms with E-state index in [-0.39, 0.29) is 6.61 Å². The van der Waals surface area contributed by atoms with Crippen molar-refractivity contribution in [1.29, 1.82) is 0 Å². The first-order valence-electron chi connectivity index (χ1n) is 3.46. The lowest BCUT2D eigenvalue weighted by atomic mass is 10.2. The first-order chi connectivity index (χ1) is 4.91. The molecule has 0 heterocycles. The van der Waals surface area contributed by atoms with Gasteiger partial charge in [0.25, 0.3) is 0 Å². The van der Waals surface area contributed by atoms with Crippen molar-refractivity contribution < 1.29 is 5.11 Å². The maximum atomic E-state index is 8.40. The largest absolute Gasteiger partial charge is 0.396 e. The molecule has 1 N–H and O–H groups in total. The van der Waals surface area contributed by atoms with E-state index in [1.165, 1.54) is 0 Å². The highest BCUT2D eigenvalue weighted by Gasteiger charge is 1.83. The van der Waals surface area contributed by atoms with Gasteiger partial charge in [-0.15, -0.1) is 6.42 Å². The van der Waals surface area contributed by atoms with E-state index in [1.807, 2.05) is 0 Å². The maximum Gasteiger partial charge on any atom is 0.0431 e. The predicted molar refractivity (Wildman–Crippen MR) is 42.2 cm³/mol. The highest BCUT2D eigenvalue weighted by atomic mass is 16.2. The summed E-state index contributed by atoms with van der Waals surface area (Å²) in [5.74, 6) is 7.61. The third-order valence-electron chi connectivity index (χ3n) is 1.12. The van der Waals surface area contributed by atoms with Crippen LogP contribution in [0.2, 0.25) is 0 Å². The van der Waals surface area contributed by atoms with Crippen molar-refractivity contribution in [3.63, 3.8) is 0 Å². The number of aliphatic hydroxyl groups is 1. The lowest BCUT2D eigenvalue weighted by molar-refractivity contribution is 0.283. The van der Waals surface area contributed by atoms with E-state index >= 15 is 0 Å². The van der Waals surface area contributed by atoms with Crippen LogP contribution >= 0.6 is 0 Å². The third kappa shape index (κ3) is 7.08. The van der Waals surface area contributed by atoms with Crippen LogP contribution in [0, 0.1) is 24.2 Å². The Morgan fingerprint density at radius 1 is 1.20 bits per heavy atom. The Morgan fingerprint density at radius 2 is 2.00 bits per heavy atom. The second-order valence-electron chi connectivity index (χ2n) is 1.98. The molecule has 1 nitrogen and oxygen atoms in total. The van der Waals surface area contributed by atoms with Gasteiger partial charge in [0.15, 0.2) is 0 Å². The van der Waals surface area contributed by atoms with Crippen LogP contribution in [0.4, 0.5) is 0 Å². The van der Waals surface area contributed by atoms with Crippen LogP contribution in [0.15, 0.2) is 0 Å². The van der Waals surface area contributed by atoms with E-state index < -0.39 is 0 Å². The Labute approximate surface area is 62.5 Å². The topological polar surface area (TPSA) is 20.2 Å². The van der Waals surface area contributed by atoms with E-state index in [1.54, 1.807) is 0 Å². The summed E-state index contributed by atoms with van der Waals surface area (Å²) in [5, 5.41) is 8.40. The number of terminal acetylenes is 1. The molecule has 0 aromatic carbocycles. The molecule has 0 saturated heterocycles. The Bertz CT molecular complexity index is 154. The van der Waals surface area contributed by atoms with Crippen LogP contribution in [-0.4, -0.2) is 11.7 Å². The molecule has 0 aromatic heterocycles. The van der Waals surface area contributed by atoms with Gasteiger partial charge in [0, 0.05) is 13.0 Å². The normalized spacial score (nSPS) is 7.60. The Kier molecular flexibility index (Phi) is 7.34. The van der Waals surface area contributed by atoms with Crippen molar-refractivity contribution in [2.45, 2.75) is 25.7 Å². The molecular formula is C9H12O. The maximum absolute atomic E-state index is 8.40. The molecule has 0 aliphatic heterocycles. The molecule has 0 aliphatic rings. The van der Waals surface area contributed by atoms with Crippen LogP contribution in [0.5, 0.6) is 0 Å². The monoisotopic (exact) mass is 136 g/mol. The lowest BCUT2D eigenvalue weighted by Crippen LogP contribution is -1.81. The molecule has 0 fully saturated rings. The molecule has 0 aliphatic carbocycles. The fraction of sp³-hybridized carbons (Fsp3) is 0.556. The van der Waals surface area contributed by atoms with Gasteiger partial charge in [0.2, 0.25) is 0 Å². The number of unbranched alkanes of at least 4 members (excludes halogenated alkanes) is 3. The average Bonchev–Trinajstić information content (AvgIpc) is 1.97. The zero-order chi connectivity index (χ0) is 7.66. The fourth-order valence-electron chi connectivity index (χ4n) is 0.615. The van der Waals surface area contributed by atoms with Crippen LogP contribution in [0.1, 0.15) is 25.7 Å². The van der Waals surface area contributed by atoms with Crippen molar-refractivity contribution in [3.8, 4) is 24.2 Å². The van der Waals surface area contributed by atoms with Gasteiger partial charge in [-0.3, -0.25) is 0 Å². The van der Waals surface area contributed by atoms with Gasteiger partial charge in [-0.2, -0.15) is 0 Å². The molecule has 0 amide bonds. The number of rotatable bonds is 4. The first-order valence-corrected chi connectivity index (χ1v) is 3.46. The molecule has 1 heteroatoms. The molecule has 0 unspecified atom stereocenters. The molecule has 0 rings (SSSR count). The van der Waals surface area contributed by atoms with E-state index in [0.29, 0.717) is 0 Å². The summed E-state index contributed by atoms with van der Waals surface area (Å²) < 4.78 is 0. The summed E-state index contributed by atoms with van der Waals surface area (Å²) >= 11 is 0. The van der Waals surface area contributed by atoms with Gasteiger partial charge in [-0.05, 0) is 24.7 Å². The quantitative estimate of drug-likeness (QED) is 0.454. The molecule has 0 bridgehead atoms. The Balaban J connectivity index is 2.99. The van der Waals surface area contributed by atoms with Gasteiger partial charge in [0.05, 0.1) is 0 Å². The Morgan fingerprint density at radius 3 is 2.60 bits per heavy atom. The van der Waals surface area contributed by atoms with Crippen LogP contribution < -0.4 is 0 Å². The lowest BCUT2D eigenvalue weighted by Gasteiger charge is -1.90. The minimum Gasteiger partial charge on any atom is -0.396 e. The van der Waals surface area contributed by atoms with Crippen molar-refractivity contribution in [2.24, 2.45) is 0 Å². The van der Waals surface area contributed by atoms with Crippen LogP contribution in [0.25, 0.3) is 0 Å². The SMILES string of the molecule is C#CC#CCCCCCO. The number of aliphatic hydroxyl groups excluding tert-OH is 1. The molecule has 54 valence electrons. The van der Waals surface area contributed by atoms with Crippen molar-refractivity contribution >= 4 is 0 Å². The van der Waals surface area contributed by atoms with Crippen LogP contribution in [0.3, 0.4) is 0 Å². The van der Waals surface area contributed by atoms with E-state index in [2.05, 4.69) is 17.8 Å². The minimum absolute atomic E-state index is 0.280. The number of hydrogen-bond donors (Lipinski definition) is 1. The number of hydrogen-bond acceptors (Lipinski definition) is 1. The standard InChI is InChI=1S/C9H12O/c1-2-3-4-5-6-7-8-9-10/h1,10H,5-9H2. The van der Waals surface area contributed by atoms with E-state index in [4.69, 9.17) is 11.5 Å². The predicted octanol–water partition coefficient (Wildman–Crippen LogP) is 1.18. The fourth-order valence-corrected chi connectivity index (χ4v) is 0.615. The minimum atomic E-state index is 0.280. The molecule has 0 aromatic rings. The summed E-state index contributed by atoms with van der Waals surface area (Å²) in [6.45, 7) is 0.280. The van der Waals surface area contributed by atoms with Gasteiger partial charge in [0.1, 0.15) is 0 Å². The second kappa shape index (κ2) is 8.08. The van der Waals surface area contributed by atoms with E-state index in [0.717, 1.165) is 25.7 Å². The molecule has 0 atom stereocenters. The van der Waals surface area contributed by atoms with Gasteiger partial charge < -0.3 is 5.11 Å². The highest BCUT2D eigenvalue weighted by molar-refractivity contribution is 5.21. The van der Waals surface area contributed by atoms with Crippen molar-refractivity contribution in [3.05, 3.63) is 0 Å². The summed E-state index contributed by atoms with van der Waals surface area (Å²) in [7, 11) is 0. The highest BCUT2D eigenvalue weighted by Crippen LogP contribution is 1.96. The zero-order valence-electron chi connectivity index (χ0n) is 6.06. The summed E-state index contributed by atoms with van der Waals surface area (Å²) in [5.41, 5.74) is 0. The van der Waals surface area contributed by atoms with Gasteiger partial charge in [-0.25, -0.2) is 0 Å². The molecular weight excluding hydrogens is 124 g/mol. The Hall–Kier alpha value is -0.920. The first kappa shape index (κ1) is 9.08. The summed E-state index contributed by atoms with van der Waals surface area (Å²) in [6.07, 6.45) is 8.70.